The third-order valence-corrected chi connectivity index (χ3v) is 3.90. The molecule has 2 aromatic rings. The predicted molar refractivity (Wildman–Crippen MR) is 111 cm³/mol. The van der Waals surface area contributed by atoms with E-state index in [2.05, 4.69) is 10.6 Å². The van der Waals surface area contributed by atoms with Crippen molar-refractivity contribution in [3.05, 3.63) is 58.9 Å². The molecule has 0 radical (unpaired) electrons. The van der Waals surface area contributed by atoms with Crippen LogP contribution in [0.15, 0.2) is 42.5 Å². The molecule has 0 spiro atoms. The van der Waals surface area contributed by atoms with Crippen LogP contribution in [-0.2, 0) is 14.3 Å². The van der Waals surface area contributed by atoms with Crippen LogP contribution in [0.2, 0.25) is 5.02 Å². The van der Waals surface area contributed by atoms with Crippen LogP contribution >= 0.6 is 11.6 Å². The second-order valence-electron chi connectivity index (χ2n) is 7.37. The summed E-state index contributed by atoms with van der Waals surface area (Å²) in [5.41, 5.74) is -0.0249. The molecule has 7 nitrogen and oxygen atoms in total. The van der Waals surface area contributed by atoms with E-state index < -0.39 is 35.5 Å². The van der Waals surface area contributed by atoms with E-state index in [1.807, 2.05) is 0 Å². The molecule has 1 atom stereocenters. The fraction of sp³-hybridized carbons (Fsp3) is 0.286. The molecule has 2 N–H and O–H groups in total. The van der Waals surface area contributed by atoms with E-state index in [1.165, 1.54) is 25.1 Å². The number of nitrogens with one attached hydrogen (secondary N) is 2. The summed E-state index contributed by atoms with van der Waals surface area (Å²) in [6.07, 6.45) is -1.82. The maximum absolute atomic E-state index is 13.1. The van der Waals surface area contributed by atoms with Gasteiger partial charge in [-0.3, -0.25) is 10.1 Å². The molecule has 160 valence electrons. The molecule has 0 saturated heterocycles. The lowest BCUT2D eigenvalue weighted by molar-refractivity contribution is -0.123. The van der Waals surface area contributed by atoms with E-state index in [1.54, 1.807) is 32.9 Å². The van der Waals surface area contributed by atoms with E-state index >= 15 is 0 Å². The van der Waals surface area contributed by atoms with Crippen molar-refractivity contribution in [3.8, 4) is 0 Å². The fourth-order valence-corrected chi connectivity index (χ4v) is 2.47. The molecule has 0 aliphatic heterocycles. The van der Waals surface area contributed by atoms with Gasteiger partial charge in [0.15, 0.2) is 6.10 Å². The number of halogens is 2. The van der Waals surface area contributed by atoms with Gasteiger partial charge in [-0.15, -0.1) is 0 Å². The second-order valence-corrected chi connectivity index (χ2v) is 7.78. The van der Waals surface area contributed by atoms with Crippen molar-refractivity contribution < 1.29 is 28.2 Å². The number of hydrogen-bond donors (Lipinski definition) is 2. The normalized spacial score (nSPS) is 11.9. The Morgan fingerprint density at radius 2 is 1.77 bits per heavy atom. The van der Waals surface area contributed by atoms with Crippen molar-refractivity contribution in [2.24, 2.45) is 0 Å². The number of anilines is 2. The molecule has 0 aliphatic carbocycles. The average molecular weight is 437 g/mol. The molecule has 0 heterocycles. The first-order valence-corrected chi connectivity index (χ1v) is 9.39. The summed E-state index contributed by atoms with van der Waals surface area (Å²) in [6.45, 7) is 6.57. The first-order chi connectivity index (χ1) is 13.9. The van der Waals surface area contributed by atoms with Crippen molar-refractivity contribution in [1.82, 2.24) is 0 Å². The number of benzene rings is 2. The monoisotopic (exact) mass is 436 g/mol. The first kappa shape index (κ1) is 23.2. The lowest BCUT2D eigenvalue weighted by Crippen LogP contribution is -2.30. The van der Waals surface area contributed by atoms with Gasteiger partial charge in [0.05, 0.1) is 16.3 Å². The van der Waals surface area contributed by atoms with Gasteiger partial charge in [0.25, 0.3) is 5.91 Å². The number of carbonyl (C=O) groups is 3. The highest BCUT2D eigenvalue weighted by Gasteiger charge is 2.21. The quantitative estimate of drug-likeness (QED) is 0.642. The lowest BCUT2D eigenvalue weighted by Gasteiger charge is -2.19. The predicted octanol–water partition coefficient (Wildman–Crippen LogP) is 5.01. The van der Waals surface area contributed by atoms with E-state index in [0.29, 0.717) is 5.69 Å². The van der Waals surface area contributed by atoms with Gasteiger partial charge in [-0.1, -0.05) is 17.7 Å². The molecule has 30 heavy (non-hydrogen) atoms. The van der Waals surface area contributed by atoms with Gasteiger partial charge in [0.1, 0.15) is 11.4 Å². The molecule has 2 amide bonds. The highest BCUT2D eigenvalue weighted by molar-refractivity contribution is 6.33. The Kier molecular flexibility index (Phi) is 7.39. The summed E-state index contributed by atoms with van der Waals surface area (Å²) in [5, 5.41) is 5.00. The van der Waals surface area contributed by atoms with Crippen LogP contribution < -0.4 is 10.6 Å². The van der Waals surface area contributed by atoms with Gasteiger partial charge in [-0.2, -0.15) is 0 Å². The summed E-state index contributed by atoms with van der Waals surface area (Å²) in [5.74, 6) is -1.95. The Morgan fingerprint density at radius 3 is 2.40 bits per heavy atom. The number of amides is 2. The summed E-state index contributed by atoms with van der Waals surface area (Å²) in [6, 6.07) is 9.49. The van der Waals surface area contributed by atoms with Gasteiger partial charge >= 0.3 is 12.1 Å². The SMILES string of the molecule is C[C@H](OC(=O)c1cccc(NC(=O)OC(C)(C)C)c1)C(=O)Nc1ccc(F)cc1Cl. The van der Waals surface area contributed by atoms with Crippen LogP contribution in [-0.4, -0.2) is 29.7 Å². The summed E-state index contributed by atoms with van der Waals surface area (Å²) in [7, 11) is 0. The van der Waals surface area contributed by atoms with Crippen LogP contribution in [0.25, 0.3) is 0 Å². The Morgan fingerprint density at radius 1 is 1.07 bits per heavy atom. The van der Waals surface area contributed by atoms with Crippen LogP contribution in [0.4, 0.5) is 20.6 Å². The van der Waals surface area contributed by atoms with Crippen LogP contribution in [0.3, 0.4) is 0 Å². The largest absolute Gasteiger partial charge is 0.449 e. The minimum absolute atomic E-state index is 0.0165. The second kappa shape index (κ2) is 9.58. The standard InChI is InChI=1S/C21H22ClFN2O5/c1-12(18(26)25-17-9-8-14(23)11-16(17)22)29-19(27)13-6-5-7-15(10-13)24-20(28)30-21(2,3)4/h5-12H,1-4H3,(H,24,28)(H,25,26)/t12-/m0/s1. The van der Waals surface area contributed by atoms with Crippen molar-refractivity contribution in [2.45, 2.75) is 39.4 Å². The molecule has 0 aliphatic rings. The summed E-state index contributed by atoms with van der Waals surface area (Å²) >= 11 is 5.87. The summed E-state index contributed by atoms with van der Waals surface area (Å²) in [4.78, 5) is 36.5. The minimum atomic E-state index is -1.15. The molecule has 0 bridgehead atoms. The first-order valence-electron chi connectivity index (χ1n) is 9.01. The molecular formula is C21H22ClFN2O5. The lowest BCUT2D eigenvalue weighted by atomic mass is 10.2. The Labute approximate surface area is 178 Å². The molecule has 9 heteroatoms. The van der Waals surface area contributed by atoms with E-state index in [0.717, 1.165) is 12.1 Å². The number of ether oxygens (including phenoxy) is 2. The van der Waals surface area contributed by atoms with Gasteiger partial charge in [0.2, 0.25) is 0 Å². The van der Waals surface area contributed by atoms with Crippen LogP contribution in [0, 0.1) is 5.82 Å². The molecule has 0 fully saturated rings. The fourth-order valence-electron chi connectivity index (χ4n) is 2.25. The molecule has 0 aromatic heterocycles. The van der Waals surface area contributed by atoms with E-state index in [9.17, 15) is 18.8 Å². The highest BCUT2D eigenvalue weighted by Crippen LogP contribution is 2.23. The zero-order chi connectivity index (χ0) is 22.5. The third kappa shape index (κ3) is 7.04. The van der Waals surface area contributed by atoms with Crippen LogP contribution in [0.1, 0.15) is 38.1 Å². The number of esters is 1. The van der Waals surface area contributed by atoms with E-state index in [4.69, 9.17) is 21.1 Å². The van der Waals surface area contributed by atoms with Crippen molar-refractivity contribution in [1.29, 1.82) is 0 Å². The van der Waals surface area contributed by atoms with Gasteiger partial charge < -0.3 is 14.8 Å². The third-order valence-electron chi connectivity index (χ3n) is 3.59. The number of carbonyl (C=O) groups excluding carboxylic acids is 3. The van der Waals surface area contributed by atoms with Gasteiger partial charge in [0, 0.05) is 5.69 Å². The smallest absolute Gasteiger partial charge is 0.412 e. The zero-order valence-corrected chi connectivity index (χ0v) is 17.7. The topological polar surface area (TPSA) is 93.7 Å². The van der Waals surface area contributed by atoms with Crippen LogP contribution in [0.5, 0.6) is 0 Å². The molecule has 2 rings (SSSR count). The maximum Gasteiger partial charge on any atom is 0.412 e. The molecular weight excluding hydrogens is 415 g/mol. The number of rotatable bonds is 5. The maximum atomic E-state index is 13.1. The Balaban J connectivity index is 1.99. The highest BCUT2D eigenvalue weighted by atomic mass is 35.5. The van der Waals surface area contributed by atoms with Gasteiger partial charge in [-0.05, 0) is 64.1 Å². The van der Waals surface area contributed by atoms with E-state index in [-0.39, 0.29) is 16.3 Å². The molecule has 0 unspecified atom stereocenters. The Bertz CT molecular complexity index is 959. The number of hydrogen-bond acceptors (Lipinski definition) is 5. The van der Waals surface area contributed by atoms with Gasteiger partial charge in [-0.25, -0.2) is 14.0 Å². The minimum Gasteiger partial charge on any atom is -0.449 e. The van der Waals surface area contributed by atoms with Crippen molar-refractivity contribution >= 4 is 40.9 Å². The molecule has 2 aromatic carbocycles. The Hall–Kier alpha value is -3.13. The summed E-state index contributed by atoms with van der Waals surface area (Å²) < 4.78 is 23.4. The zero-order valence-electron chi connectivity index (χ0n) is 16.9. The average Bonchev–Trinajstić information content (AvgIpc) is 2.62. The van der Waals surface area contributed by atoms with Crippen molar-refractivity contribution in [3.63, 3.8) is 0 Å². The molecule has 0 saturated carbocycles. The van der Waals surface area contributed by atoms with Crippen molar-refractivity contribution in [2.75, 3.05) is 10.6 Å².